The molecule has 0 aliphatic carbocycles. The first-order chi connectivity index (χ1) is 15.8. The van der Waals surface area contributed by atoms with Gasteiger partial charge in [-0.05, 0) is 85.8 Å². The molecular weight excluding hydrogens is 434 g/mol. The molecular formula is C27H29NO4S. The number of hydrogen-bond donors (Lipinski definition) is 0. The summed E-state index contributed by atoms with van der Waals surface area (Å²) in [5.74, 6) is 0.653. The van der Waals surface area contributed by atoms with Crippen molar-refractivity contribution in [3.63, 3.8) is 0 Å². The highest BCUT2D eigenvalue weighted by molar-refractivity contribution is 7.08. The van der Waals surface area contributed by atoms with Crippen LogP contribution in [0, 0.1) is 0 Å². The second-order valence-electron chi connectivity index (χ2n) is 9.22. The minimum Gasteiger partial charge on any atom is -0.491 e. The zero-order chi connectivity index (χ0) is 23.4. The van der Waals surface area contributed by atoms with Crippen LogP contribution in [0.5, 0.6) is 5.75 Å². The maximum Gasteiger partial charge on any atom is 0.410 e. The number of likely N-dealkylation sites (tertiary alicyclic amines) is 1. The second-order valence-corrected chi connectivity index (χ2v) is 10.0. The number of carbonyl (C=O) groups is 2. The Labute approximate surface area is 199 Å². The van der Waals surface area contributed by atoms with E-state index in [1.807, 2.05) is 50.4 Å². The molecule has 1 aliphatic rings. The fraction of sp³-hybridized carbons (Fsp3) is 0.333. The lowest BCUT2D eigenvalue weighted by Crippen LogP contribution is -2.42. The molecule has 0 bridgehead atoms. The van der Waals surface area contributed by atoms with Crippen LogP contribution in [0.4, 0.5) is 4.79 Å². The first-order valence-corrected chi connectivity index (χ1v) is 12.1. The summed E-state index contributed by atoms with van der Waals surface area (Å²) in [6.07, 6.45) is 1.53. The molecule has 1 aliphatic heterocycles. The third-order valence-electron chi connectivity index (χ3n) is 5.57. The summed E-state index contributed by atoms with van der Waals surface area (Å²) in [7, 11) is 0. The zero-order valence-corrected chi connectivity index (χ0v) is 20.1. The van der Waals surface area contributed by atoms with E-state index in [4.69, 9.17) is 9.47 Å². The molecule has 4 rings (SSSR count). The predicted molar refractivity (Wildman–Crippen MR) is 131 cm³/mol. The largest absolute Gasteiger partial charge is 0.491 e. The van der Waals surface area contributed by atoms with Crippen LogP contribution in [0.3, 0.4) is 0 Å². The van der Waals surface area contributed by atoms with E-state index in [0.717, 1.165) is 24.0 Å². The van der Waals surface area contributed by atoms with Crippen LogP contribution in [0.2, 0.25) is 0 Å². The van der Waals surface area contributed by atoms with Gasteiger partial charge in [-0.25, -0.2) is 4.79 Å². The Bertz CT molecular complexity index is 1080. The summed E-state index contributed by atoms with van der Waals surface area (Å²) >= 11 is 1.65. The number of ether oxygens (including phenoxy) is 2. The molecule has 0 spiro atoms. The van der Waals surface area contributed by atoms with Crippen molar-refractivity contribution in [3.05, 3.63) is 76.5 Å². The number of amides is 1. The van der Waals surface area contributed by atoms with Gasteiger partial charge in [-0.3, -0.25) is 4.79 Å². The molecule has 1 unspecified atom stereocenters. The van der Waals surface area contributed by atoms with Gasteiger partial charge >= 0.3 is 6.09 Å². The van der Waals surface area contributed by atoms with Gasteiger partial charge in [0.05, 0.1) is 6.04 Å². The molecule has 33 heavy (non-hydrogen) atoms. The van der Waals surface area contributed by atoms with E-state index in [-0.39, 0.29) is 17.9 Å². The summed E-state index contributed by atoms with van der Waals surface area (Å²) in [5, 5.41) is 4.13. The fourth-order valence-corrected chi connectivity index (χ4v) is 4.54. The van der Waals surface area contributed by atoms with Gasteiger partial charge in [0.25, 0.3) is 0 Å². The van der Waals surface area contributed by atoms with Gasteiger partial charge in [0, 0.05) is 17.7 Å². The van der Waals surface area contributed by atoms with Crippen molar-refractivity contribution in [1.82, 2.24) is 4.90 Å². The Hall–Kier alpha value is -3.12. The Kier molecular flexibility index (Phi) is 6.84. The van der Waals surface area contributed by atoms with Crippen LogP contribution < -0.4 is 4.74 Å². The first-order valence-electron chi connectivity index (χ1n) is 11.2. The maximum atomic E-state index is 12.9. The summed E-state index contributed by atoms with van der Waals surface area (Å²) in [4.78, 5) is 27.0. The smallest absolute Gasteiger partial charge is 0.410 e. The SMILES string of the molecule is CC(C)(C)OC(=O)N1CCCC1COc1ccc(C(=O)c2ccc(-c3ccsc3)cc2)cc1. The van der Waals surface area contributed by atoms with Crippen molar-refractivity contribution < 1.29 is 19.1 Å². The van der Waals surface area contributed by atoms with E-state index in [1.165, 1.54) is 0 Å². The van der Waals surface area contributed by atoms with E-state index in [9.17, 15) is 9.59 Å². The van der Waals surface area contributed by atoms with E-state index in [0.29, 0.717) is 30.0 Å². The monoisotopic (exact) mass is 463 g/mol. The summed E-state index contributed by atoms with van der Waals surface area (Å²) in [6.45, 7) is 6.69. The number of nitrogens with zero attached hydrogens (tertiary/aromatic N) is 1. The predicted octanol–water partition coefficient (Wildman–Crippen LogP) is 6.42. The molecule has 1 aromatic heterocycles. The average Bonchev–Trinajstić information content (AvgIpc) is 3.49. The minimum absolute atomic E-state index is 0.0112. The van der Waals surface area contributed by atoms with Crippen molar-refractivity contribution >= 4 is 23.2 Å². The Morgan fingerprint density at radius 3 is 2.24 bits per heavy atom. The molecule has 1 amide bonds. The summed E-state index contributed by atoms with van der Waals surface area (Å²) in [6, 6.07) is 16.9. The topological polar surface area (TPSA) is 55.8 Å². The van der Waals surface area contributed by atoms with Crippen LogP contribution in [-0.4, -0.2) is 41.6 Å². The maximum absolute atomic E-state index is 12.9. The van der Waals surface area contributed by atoms with E-state index >= 15 is 0 Å². The Balaban J connectivity index is 1.34. The first kappa shape index (κ1) is 23.1. The number of carbonyl (C=O) groups excluding carboxylic acids is 2. The van der Waals surface area contributed by atoms with E-state index in [1.54, 1.807) is 40.5 Å². The average molecular weight is 464 g/mol. The van der Waals surface area contributed by atoms with E-state index < -0.39 is 5.60 Å². The number of ketones is 1. The molecule has 1 atom stereocenters. The standard InChI is InChI=1S/C27H29NO4S/c1-27(2,3)32-26(30)28-15-4-5-23(28)17-31-24-12-10-21(11-13-24)25(29)20-8-6-19(7-9-20)22-14-16-33-18-22/h6-14,16,18,23H,4-5,15,17H2,1-3H3. The molecule has 6 heteroatoms. The lowest BCUT2D eigenvalue weighted by Gasteiger charge is -2.28. The molecule has 2 heterocycles. The normalized spacial score (nSPS) is 16.0. The van der Waals surface area contributed by atoms with Crippen LogP contribution >= 0.6 is 11.3 Å². The van der Waals surface area contributed by atoms with Crippen LogP contribution in [0.15, 0.2) is 65.4 Å². The Morgan fingerprint density at radius 1 is 0.970 bits per heavy atom. The zero-order valence-electron chi connectivity index (χ0n) is 19.2. The van der Waals surface area contributed by atoms with Crippen molar-refractivity contribution in [1.29, 1.82) is 0 Å². The van der Waals surface area contributed by atoms with Gasteiger partial charge in [0.15, 0.2) is 5.78 Å². The number of hydrogen-bond acceptors (Lipinski definition) is 5. The molecule has 0 N–H and O–H groups in total. The molecule has 1 saturated heterocycles. The summed E-state index contributed by atoms with van der Waals surface area (Å²) in [5.41, 5.74) is 3.01. The van der Waals surface area contributed by atoms with Gasteiger partial charge in [0.2, 0.25) is 0 Å². The number of thiophene rings is 1. The lowest BCUT2D eigenvalue weighted by atomic mass is 10.0. The van der Waals surface area contributed by atoms with Crippen LogP contribution in [0.1, 0.15) is 49.5 Å². The highest BCUT2D eigenvalue weighted by atomic mass is 32.1. The van der Waals surface area contributed by atoms with Crippen LogP contribution in [0.25, 0.3) is 11.1 Å². The van der Waals surface area contributed by atoms with Crippen molar-refractivity contribution in [2.24, 2.45) is 0 Å². The third kappa shape index (κ3) is 5.82. The summed E-state index contributed by atoms with van der Waals surface area (Å²) < 4.78 is 11.4. The van der Waals surface area contributed by atoms with Crippen molar-refractivity contribution in [2.45, 2.75) is 45.3 Å². The fourth-order valence-electron chi connectivity index (χ4n) is 3.87. The molecule has 3 aromatic rings. The molecule has 1 fully saturated rings. The van der Waals surface area contributed by atoms with Gasteiger partial charge in [-0.1, -0.05) is 24.3 Å². The quantitative estimate of drug-likeness (QED) is 0.396. The van der Waals surface area contributed by atoms with Gasteiger partial charge < -0.3 is 14.4 Å². The van der Waals surface area contributed by atoms with E-state index in [2.05, 4.69) is 11.4 Å². The molecule has 5 nitrogen and oxygen atoms in total. The minimum atomic E-state index is -0.516. The van der Waals surface area contributed by atoms with Crippen LogP contribution in [-0.2, 0) is 4.74 Å². The van der Waals surface area contributed by atoms with Gasteiger partial charge in [0.1, 0.15) is 18.0 Å². The second kappa shape index (κ2) is 9.79. The molecule has 172 valence electrons. The van der Waals surface area contributed by atoms with Gasteiger partial charge in [-0.2, -0.15) is 11.3 Å². The van der Waals surface area contributed by atoms with Crippen molar-refractivity contribution in [2.75, 3.05) is 13.2 Å². The van der Waals surface area contributed by atoms with Crippen molar-refractivity contribution in [3.8, 4) is 16.9 Å². The molecule has 0 radical (unpaired) electrons. The highest BCUT2D eigenvalue weighted by Gasteiger charge is 2.32. The molecule has 2 aromatic carbocycles. The Morgan fingerprint density at radius 2 is 1.64 bits per heavy atom. The number of benzene rings is 2. The highest BCUT2D eigenvalue weighted by Crippen LogP contribution is 2.25. The molecule has 0 saturated carbocycles. The van der Waals surface area contributed by atoms with Gasteiger partial charge in [-0.15, -0.1) is 0 Å². The number of rotatable bonds is 6. The third-order valence-corrected chi connectivity index (χ3v) is 6.25. The lowest BCUT2D eigenvalue weighted by molar-refractivity contribution is 0.0187.